The molecule has 0 radical (unpaired) electrons. The number of carbonyl (C=O) groups excluding carboxylic acids is 1. The summed E-state index contributed by atoms with van der Waals surface area (Å²) >= 11 is 0. The highest BCUT2D eigenvalue weighted by molar-refractivity contribution is 6.05. The summed E-state index contributed by atoms with van der Waals surface area (Å²) in [5, 5.41) is 12.2. The number of nitrogens with zero attached hydrogens (tertiary/aromatic N) is 4. The molecule has 1 N–H and O–H groups in total. The summed E-state index contributed by atoms with van der Waals surface area (Å²) in [5.41, 5.74) is 3.27. The predicted octanol–water partition coefficient (Wildman–Crippen LogP) is 3.90. The second-order valence-corrected chi connectivity index (χ2v) is 7.10. The lowest BCUT2D eigenvalue weighted by atomic mass is 10.1. The van der Waals surface area contributed by atoms with E-state index in [4.69, 9.17) is 4.52 Å². The van der Waals surface area contributed by atoms with Gasteiger partial charge in [0.25, 0.3) is 5.91 Å². The van der Waals surface area contributed by atoms with E-state index in [1.54, 1.807) is 4.90 Å². The summed E-state index contributed by atoms with van der Waals surface area (Å²) in [6, 6.07) is 15.4. The first-order valence-corrected chi connectivity index (χ1v) is 9.35. The minimum atomic E-state index is -0.228. The van der Waals surface area contributed by atoms with Crippen molar-refractivity contribution in [1.29, 1.82) is 0 Å². The maximum Gasteiger partial charge on any atom is 0.275 e. The van der Waals surface area contributed by atoms with Crippen LogP contribution in [0.5, 0.6) is 0 Å². The van der Waals surface area contributed by atoms with Crippen LogP contribution in [0, 0.1) is 6.92 Å². The molecular weight excluding hydrogens is 354 g/mol. The van der Waals surface area contributed by atoms with E-state index in [1.165, 1.54) is 0 Å². The van der Waals surface area contributed by atoms with Crippen molar-refractivity contribution in [1.82, 2.24) is 25.2 Å². The molecule has 1 aliphatic rings. The van der Waals surface area contributed by atoms with Gasteiger partial charge in [0.1, 0.15) is 6.04 Å². The number of hydrogen-bond acceptors (Lipinski definition) is 5. The molecular formula is C21H19N5O2. The number of aryl methyl sites for hydroxylation is 1. The minimum Gasteiger partial charge on any atom is -0.337 e. The first kappa shape index (κ1) is 16.7. The number of H-pyrrole nitrogens is 1. The molecule has 28 heavy (non-hydrogen) atoms. The fraction of sp³-hybridized carbons (Fsp3) is 0.238. The second-order valence-electron chi connectivity index (χ2n) is 7.10. The summed E-state index contributed by atoms with van der Waals surface area (Å²) in [6.45, 7) is 2.65. The molecule has 1 saturated heterocycles. The molecule has 7 heteroatoms. The lowest BCUT2D eigenvalue weighted by Crippen LogP contribution is -2.31. The zero-order chi connectivity index (χ0) is 19.1. The van der Waals surface area contributed by atoms with Crippen LogP contribution in [0.3, 0.4) is 0 Å². The fourth-order valence-electron chi connectivity index (χ4n) is 3.77. The van der Waals surface area contributed by atoms with E-state index < -0.39 is 0 Å². The lowest BCUT2D eigenvalue weighted by molar-refractivity contribution is 0.0706. The Bertz CT molecular complexity index is 1150. The van der Waals surface area contributed by atoms with Crippen LogP contribution in [0.25, 0.3) is 22.3 Å². The molecule has 0 unspecified atom stereocenters. The molecule has 7 nitrogen and oxygen atoms in total. The molecule has 140 valence electrons. The Morgan fingerprint density at radius 2 is 2.07 bits per heavy atom. The van der Waals surface area contributed by atoms with E-state index in [2.05, 4.69) is 20.3 Å². The average Bonchev–Trinajstić information content (AvgIpc) is 3.46. The largest absolute Gasteiger partial charge is 0.337 e. The molecule has 2 aromatic heterocycles. The molecule has 1 fully saturated rings. The van der Waals surface area contributed by atoms with E-state index in [0.717, 1.165) is 34.9 Å². The van der Waals surface area contributed by atoms with Crippen LogP contribution in [0.15, 0.2) is 53.1 Å². The Morgan fingerprint density at radius 3 is 2.93 bits per heavy atom. The van der Waals surface area contributed by atoms with E-state index in [1.807, 2.05) is 55.5 Å². The van der Waals surface area contributed by atoms with E-state index >= 15 is 0 Å². The van der Waals surface area contributed by atoms with Gasteiger partial charge in [0.2, 0.25) is 11.7 Å². The minimum absolute atomic E-state index is 0.112. The van der Waals surface area contributed by atoms with Crippen molar-refractivity contribution in [2.45, 2.75) is 25.8 Å². The quantitative estimate of drug-likeness (QED) is 0.588. The number of aromatic amines is 1. The van der Waals surface area contributed by atoms with Gasteiger partial charge in [0, 0.05) is 17.5 Å². The number of nitrogens with one attached hydrogen (secondary N) is 1. The summed E-state index contributed by atoms with van der Waals surface area (Å²) < 4.78 is 5.52. The van der Waals surface area contributed by atoms with Gasteiger partial charge in [-0.05, 0) is 31.9 Å². The first-order valence-electron chi connectivity index (χ1n) is 9.35. The third-order valence-corrected chi connectivity index (χ3v) is 5.19. The summed E-state index contributed by atoms with van der Waals surface area (Å²) in [6.07, 6.45) is 1.68. The summed E-state index contributed by atoms with van der Waals surface area (Å²) in [4.78, 5) is 19.6. The highest BCUT2D eigenvalue weighted by Gasteiger charge is 2.36. The maximum atomic E-state index is 13.2. The van der Waals surface area contributed by atoms with Crippen LogP contribution in [0.1, 0.15) is 40.8 Å². The third-order valence-electron chi connectivity index (χ3n) is 5.19. The molecule has 3 heterocycles. The first-order chi connectivity index (χ1) is 13.7. The van der Waals surface area contributed by atoms with Crippen molar-refractivity contribution < 1.29 is 9.32 Å². The third kappa shape index (κ3) is 2.76. The molecule has 1 aliphatic heterocycles. The van der Waals surface area contributed by atoms with Gasteiger partial charge in [-0.15, -0.1) is 0 Å². The monoisotopic (exact) mass is 373 g/mol. The van der Waals surface area contributed by atoms with E-state index in [0.29, 0.717) is 24.0 Å². The zero-order valence-electron chi connectivity index (χ0n) is 15.4. The van der Waals surface area contributed by atoms with E-state index in [9.17, 15) is 4.79 Å². The number of carbonyl (C=O) groups is 1. The van der Waals surface area contributed by atoms with Crippen molar-refractivity contribution in [3.63, 3.8) is 0 Å². The smallest absolute Gasteiger partial charge is 0.275 e. The number of aromatic nitrogens is 4. The van der Waals surface area contributed by atoms with Gasteiger partial charge in [-0.25, -0.2) is 0 Å². The molecule has 0 spiro atoms. The Kier molecular flexibility index (Phi) is 3.93. The van der Waals surface area contributed by atoms with Gasteiger partial charge in [0.05, 0.1) is 5.52 Å². The molecule has 0 saturated carbocycles. The Labute approximate surface area is 161 Å². The normalized spacial score (nSPS) is 16.8. The molecule has 4 aromatic rings. The van der Waals surface area contributed by atoms with Crippen LogP contribution in [0.2, 0.25) is 0 Å². The van der Waals surface area contributed by atoms with Crippen molar-refractivity contribution in [3.05, 3.63) is 65.7 Å². The standard InChI is InChI=1S/C21H19N5O2/c1-13-9-10-16-15(12-13)18(24-23-16)21(27)26-11-5-8-17(26)20-22-19(25-28-20)14-6-3-2-4-7-14/h2-4,6-7,9-10,12,17H,5,8,11H2,1H3,(H,23,24)/t17-/m0/s1. The van der Waals surface area contributed by atoms with Gasteiger partial charge in [-0.2, -0.15) is 10.1 Å². The predicted molar refractivity (Wildman–Crippen MR) is 104 cm³/mol. The maximum absolute atomic E-state index is 13.2. The Balaban J connectivity index is 1.46. The molecule has 1 atom stereocenters. The van der Waals surface area contributed by atoms with Crippen LogP contribution in [0.4, 0.5) is 0 Å². The summed E-state index contributed by atoms with van der Waals surface area (Å²) in [5.74, 6) is 0.898. The number of benzene rings is 2. The Morgan fingerprint density at radius 1 is 1.21 bits per heavy atom. The van der Waals surface area contributed by atoms with Gasteiger partial charge >= 0.3 is 0 Å². The lowest BCUT2D eigenvalue weighted by Gasteiger charge is -2.20. The molecule has 0 bridgehead atoms. The van der Waals surface area contributed by atoms with Crippen LogP contribution in [-0.2, 0) is 0 Å². The van der Waals surface area contributed by atoms with E-state index in [-0.39, 0.29) is 11.9 Å². The van der Waals surface area contributed by atoms with Crippen LogP contribution in [-0.4, -0.2) is 37.7 Å². The highest BCUT2D eigenvalue weighted by atomic mass is 16.5. The number of likely N-dealkylation sites (tertiary alicyclic amines) is 1. The number of amides is 1. The Hall–Kier alpha value is -3.48. The van der Waals surface area contributed by atoms with Gasteiger partial charge in [-0.3, -0.25) is 9.89 Å². The zero-order valence-corrected chi connectivity index (χ0v) is 15.4. The molecule has 5 rings (SSSR count). The van der Waals surface area contributed by atoms with Crippen LogP contribution < -0.4 is 0 Å². The van der Waals surface area contributed by atoms with Gasteiger partial charge in [0.15, 0.2) is 5.69 Å². The van der Waals surface area contributed by atoms with Crippen molar-refractivity contribution >= 4 is 16.8 Å². The SMILES string of the molecule is Cc1ccc2[nH]nc(C(=O)N3CCC[C@H]3c3nc(-c4ccccc4)no3)c2c1. The topological polar surface area (TPSA) is 87.9 Å². The summed E-state index contributed by atoms with van der Waals surface area (Å²) in [7, 11) is 0. The molecule has 2 aromatic carbocycles. The van der Waals surface area contributed by atoms with Crippen molar-refractivity contribution in [2.75, 3.05) is 6.54 Å². The number of rotatable bonds is 3. The van der Waals surface area contributed by atoms with Gasteiger partial charge in [-0.1, -0.05) is 47.1 Å². The average molecular weight is 373 g/mol. The highest BCUT2D eigenvalue weighted by Crippen LogP contribution is 2.34. The fourth-order valence-corrected chi connectivity index (χ4v) is 3.77. The van der Waals surface area contributed by atoms with Crippen molar-refractivity contribution in [3.8, 4) is 11.4 Å². The van der Waals surface area contributed by atoms with Crippen LogP contribution >= 0.6 is 0 Å². The number of hydrogen-bond donors (Lipinski definition) is 1. The number of fused-ring (bicyclic) bond motifs is 1. The molecule has 1 amide bonds. The van der Waals surface area contributed by atoms with Gasteiger partial charge < -0.3 is 9.42 Å². The molecule has 0 aliphatic carbocycles. The second kappa shape index (κ2) is 6.60. The van der Waals surface area contributed by atoms with Crippen molar-refractivity contribution in [2.24, 2.45) is 0 Å².